The van der Waals surface area contributed by atoms with Crippen molar-refractivity contribution in [3.05, 3.63) is 35.7 Å². The number of aryl methyl sites for hydroxylation is 1. The lowest BCUT2D eigenvalue weighted by Crippen LogP contribution is -2.01. The Labute approximate surface area is 104 Å². The number of nitrogens with two attached hydrogens (primary N) is 1. The number of benzene rings is 1. The van der Waals surface area contributed by atoms with Crippen molar-refractivity contribution in [1.29, 1.82) is 0 Å². The van der Waals surface area contributed by atoms with E-state index in [4.69, 9.17) is 5.73 Å². The monoisotopic (exact) mass is 251 g/mol. The predicted molar refractivity (Wildman–Crippen MR) is 67.0 cm³/mol. The SMILES string of the molecule is CCCc1nc(-c2ccc(F)c(F)c2)c(N)n1C. The average molecular weight is 251 g/mol. The zero-order chi connectivity index (χ0) is 13.3. The van der Waals surface area contributed by atoms with Crippen LogP contribution in [0.1, 0.15) is 19.2 Å². The molecule has 3 nitrogen and oxygen atoms in total. The Kier molecular flexibility index (Phi) is 3.32. The summed E-state index contributed by atoms with van der Waals surface area (Å²) in [6, 6.07) is 3.68. The van der Waals surface area contributed by atoms with E-state index in [9.17, 15) is 8.78 Å². The van der Waals surface area contributed by atoms with Crippen LogP contribution < -0.4 is 5.73 Å². The molecule has 1 aromatic heterocycles. The molecule has 0 atom stereocenters. The van der Waals surface area contributed by atoms with Gasteiger partial charge in [0, 0.05) is 19.0 Å². The van der Waals surface area contributed by atoms with E-state index in [2.05, 4.69) is 4.98 Å². The Morgan fingerprint density at radius 3 is 2.61 bits per heavy atom. The van der Waals surface area contributed by atoms with Gasteiger partial charge in [0.1, 0.15) is 17.3 Å². The van der Waals surface area contributed by atoms with Crippen molar-refractivity contribution in [3.63, 3.8) is 0 Å². The van der Waals surface area contributed by atoms with Gasteiger partial charge in [-0.2, -0.15) is 0 Å². The van der Waals surface area contributed by atoms with Gasteiger partial charge in [-0.05, 0) is 24.6 Å². The van der Waals surface area contributed by atoms with Crippen LogP contribution in [0.2, 0.25) is 0 Å². The third kappa shape index (κ3) is 2.08. The third-order valence-electron chi connectivity index (χ3n) is 2.90. The molecule has 0 aliphatic carbocycles. The summed E-state index contributed by atoms with van der Waals surface area (Å²) in [4.78, 5) is 4.39. The maximum Gasteiger partial charge on any atom is 0.159 e. The molecule has 5 heteroatoms. The van der Waals surface area contributed by atoms with Crippen LogP contribution in [-0.4, -0.2) is 9.55 Å². The number of nitrogens with zero attached hydrogens (tertiary/aromatic N) is 2. The van der Waals surface area contributed by atoms with E-state index in [1.165, 1.54) is 6.07 Å². The highest BCUT2D eigenvalue weighted by Gasteiger charge is 2.14. The van der Waals surface area contributed by atoms with Gasteiger partial charge in [-0.1, -0.05) is 6.92 Å². The molecule has 0 bridgehead atoms. The van der Waals surface area contributed by atoms with Crippen LogP contribution in [0.25, 0.3) is 11.3 Å². The fourth-order valence-corrected chi connectivity index (χ4v) is 1.86. The van der Waals surface area contributed by atoms with Crippen molar-refractivity contribution in [3.8, 4) is 11.3 Å². The summed E-state index contributed by atoms with van der Waals surface area (Å²) < 4.78 is 27.9. The lowest BCUT2D eigenvalue weighted by molar-refractivity contribution is 0.509. The molecule has 0 amide bonds. The number of anilines is 1. The molecule has 2 N–H and O–H groups in total. The van der Waals surface area contributed by atoms with Crippen LogP contribution in [-0.2, 0) is 13.5 Å². The van der Waals surface area contributed by atoms with E-state index in [1.54, 1.807) is 4.57 Å². The zero-order valence-corrected chi connectivity index (χ0v) is 10.4. The number of rotatable bonds is 3. The van der Waals surface area contributed by atoms with Crippen molar-refractivity contribution < 1.29 is 8.78 Å². The Morgan fingerprint density at radius 2 is 2.00 bits per heavy atom. The summed E-state index contributed by atoms with van der Waals surface area (Å²) in [6.07, 6.45) is 1.74. The molecule has 0 saturated carbocycles. The van der Waals surface area contributed by atoms with E-state index in [-0.39, 0.29) is 0 Å². The largest absolute Gasteiger partial charge is 0.383 e. The number of hydrogen-bond acceptors (Lipinski definition) is 2. The minimum atomic E-state index is -0.894. The second kappa shape index (κ2) is 4.76. The van der Waals surface area contributed by atoms with Crippen molar-refractivity contribution in [2.45, 2.75) is 19.8 Å². The molecule has 0 spiro atoms. The third-order valence-corrected chi connectivity index (χ3v) is 2.90. The molecule has 0 fully saturated rings. The first kappa shape index (κ1) is 12.5. The van der Waals surface area contributed by atoms with Gasteiger partial charge in [0.2, 0.25) is 0 Å². The Morgan fingerprint density at radius 1 is 1.28 bits per heavy atom. The molecule has 0 radical (unpaired) electrons. The highest BCUT2D eigenvalue weighted by Crippen LogP contribution is 2.27. The molecule has 1 aromatic carbocycles. The summed E-state index contributed by atoms with van der Waals surface area (Å²) in [5, 5.41) is 0. The molecule has 96 valence electrons. The van der Waals surface area contributed by atoms with Gasteiger partial charge >= 0.3 is 0 Å². The topological polar surface area (TPSA) is 43.8 Å². The van der Waals surface area contributed by atoms with Crippen molar-refractivity contribution in [2.75, 3.05) is 5.73 Å². The predicted octanol–water partition coefficient (Wildman–Crippen LogP) is 2.90. The number of aromatic nitrogens is 2. The summed E-state index contributed by atoms with van der Waals surface area (Å²) in [7, 11) is 1.82. The first-order valence-corrected chi connectivity index (χ1v) is 5.81. The summed E-state index contributed by atoms with van der Waals surface area (Å²) in [5.41, 5.74) is 6.93. The quantitative estimate of drug-likeness (QED) is 0.911. The second-order valence-electron chi connectivity index (χ2n) is 4.20. The standard InChI is InChI=1S/C13H15F2N3/c1-3-4-11-17-12(13(16)18(11)2)8-5-6-9(14)10(15)7-8/h5-7H,3-4,16H2,1-2H3. The molecule has 2 aromatic rings. The number of nitrogen functional groups attached to an aromatic ring is 1. The van der Waals surface area contributed by atoms with Gasteiger partial charge in [-0.3, -0.25) is 0 Å². The minimum absolute atomic E-state index is 0.462. The van der Waals surface area contributed by atoms with Crippen LogP contribution in [0.15, 0.2) is 18.2 Å². The van der Waals surface area contributed by atoms with E-state index in [1.807, 2.05) is 14.0 Å². The van der Waals surface area contributed by atoms with Crippen LogP contribution in [0, 0.1) is 11.6 Å². The summed E-state index contributed by atoms with van der Waals surface area (Å²) in [5.74, 6) is -0.462. The summed E-state index contributed by atoms with van der Waals surface area (Å²) >= 11 is 0. The van der Waals surface area contributed by atoms with E-state index in [0.29, 0.717) is 17.1 Å². The van der Waals surface area contributed by atoms with Gasteiger partial charge < -0.3 is 10.3 Å². The molecule has 0 unspecified atom stereocenters. The Bertz CT molecular complexity index is 576. The first-order valence-electron chi connectivity index (χ1n) is 5.81. The number of halogens is 2. The van der Waals surface area contributed by atoms with Crippen molar-refractivity contribution in [1.82, 2.24) is 9.55 Å². The zero-order valence-electron chi connectivity index (χ0n) is 10.4. The molecule has 0 saturated heterocycles. The number of hydrogen-bond donors (Lipinski definition) is 1. The van der Waals surface area contributed by atoms with E-state index >= 15 is 0 Å². The van der Waals surface area contributed by atoms with Gasteiger partial charge in [-0.25, -0.2) is 13.8 Å². The lowest BCUT2D eigenvalue weighted by Gasteiger charge is -2.01. The normalized spacial score (nSPS) is 10.9. The highest BCUT2D eigenvalue weighted by molar-refractivity contribution is 5.71. The van der Waals surface area contributed by atoms with Crippen molar-refractivity contribution >= 4 is 5.82 Å². The molecular weight excluding hydrogens is 236 g/mol. The molecule has 18 heavy (non-hydrogen) atoms. The maximum atomic E-state index is 13.2. The minimum Gasteiger partial charge on any atom is -0.383 e. The smallest absolute Gasteiger partial charge is 0.159 e. The van der Waals surface area contributed by atoms with Crippen molar-refractivity contribution in [2.24, 2.45) is 7.05 Å². The Hall–Kier alpha value is -1.91. The first-order chi connectivity index (χ1) is 8.54. The number of imidazole rings is 1. The van der Waals surface area contributed by atoms with E-state index in [0.717, 1.165) is 30.8 Å². The molecule has 2 rings (SSSR count). The fourth-order valence-electron chi connectivity index (χ4n) is 1.86. The van der Waals surface area contributed by atoms with Gasteiger partial charge in [0.15, 0.2) is 11.6 Å². The van der Waals surface area contributed by atoms with Crippen LogP contribution in [0.5, 0.6) is 0 Å². The van der Waals surface area contributed by atoms with Crippen LogP contribution in [0.4, 0.5) is 14.6 Å². The highest BCUT2D eigenvalue weighted by atomic mass is 19.2. The Balaban J connectivity index is 2.50. The maximum absolute atomic E-state index is 13.2. The average Bonchev–Trinajstić information content (AvgIpc) is 2.62. The molecule has 0 aliphatic heterocycles. The molecular formula is C13H15F2N3. The van der Waals surface area contributed by atoms with Crippen LogP contribution >= 0.6 is 0 Å². The molecule has 1 heterocycles. The second-order valence-corrected chi connectivity index (χ2v) is 4.20. The van der Waals surface area contributed by atoms with Gasteiger partial charge in [0.25, 0.3) is 0 Å². The van der Waals surface area contributed by atoms with E-state index < -0.39 is 11.6 Å². The van der Waals surface area contributed by atoms with Crippen LogP contribution in [0.3, 0.4) is 0 Å². The van der Waals surface area contributed by atoms with Gasteiger partial charge in [-0.15, -0.1) is 0 Å². The molecule has 0 aliphatic rings. The van der Waals surface area contributed by atoms with Gasteiger partial charge in [0.05, 0.1) is 0 Å². The summed E-state index contributed by atoms with van der Waals surface area (Å²) in [6.45, 7) is 2.04. The fraction of sp³-hybridized carbons (Fsp3) is 0.308. The lowest BCUT2D eigenvalue weighted by atomic mass is 10.1.